The third-order valence-electron chi connectivity index (χ3n) is 3.37. The maximum absolute atomic E-state index is 11.7. The molecule has 1 aromatic rings. The summed E-state index contributed by atoms with van der Waals surface area (Å²) in [4.78, 5) is 24.1. The highest BCUT2D eigenvalue weighted by atomic mass is 32.1. The van der Waals surface area contributed by atoms with Crippen molar-refractivity contribution in [1.82, 2.24) is 10.6 Å². The maximum atomic E-state index is 11.7. The van der Waals surface area contributed by atoms with Gasteiger partial charge in [0.15, 0.2) is 0 Å². The van der Waals surface area contributed by atoms with E-state index in [0.717, 1.165) is 17.7 Å². The van der Waals surface area contributed by atoms with Gasteiger partial charge in [-0.05, 0) is 31.2 Å². The van der Waals surface area contributed by atoms with Gasteiger partial charge in [-0.25, -0.2) is 0 Å². The number of nitrogens with one attached hydrogen (secondary N) is 2. The summed E-state index contributed by atoms with van der Waals surface area (Å²) in [5.74, 6) is -1.45. The zero-order valence-corrected chi connectivity index (χ0v) is 12.7. The van der Waals surface area contributed by atoms with Crippen LogP contribution in [-0.2, 0) is 19.9 Å². The molecule has 1 aliphatic rings. The Bertz CT molecular complexity index is 481. The van der Waals surface area contributed by atoms with Gasteiger partial charge in [0.05, 0.1) is 12.6 Å². The summed E-state index contributed by atoms with van der Waals surface area (Å²) in [6.07, 6.45) is 1.88. The molecular weight excluding hydrogens is 292 g/mol. The van der Waals surface area contributed by atoms with Gasteiger partial charge in [-0.1, -0.05) is 6.07 Å². The van der Waals surface area contributed by atoms with E-state index >= 15 is 0 Å². The van der Waals surface area contributed by atoms with Gasteiger partial charge in [0.2, 0.25) is 0 Å². The van der Waals surface area contributed by atoms with Crippen LogP contribution in [0.5, 0.6) is 0 Å². The molecule has 1 aliphatic heterocycles. The number of carbonyl (C=O) groups is 2. The molecule has 6 nitrogen and oxygen atoms in total. The molecule has 2 atom stereocenters. The highest BCUT2D eigenvalue weighted by Gasteiger charge is 2.26. The van der Waals surface area contributed by atoms with Crippen LogP contribution in [0.15, 0.2) is 17.5 Å². The largest absolute Gasteiger partial charge is 0.383 e. The molecule has 1 aromatic heterocycles. The van der Waals surface area contributed by atoms with E-state index in [-0.39, 0.29) is 12.6 Å². The van der Waals surface area contributed by atoms with Crippen LogP contribution in [0.4, 0.5) is 0 Å². The molecule has 0 radical (unpaired) electrons. The van der Waals surface area contributed by atoms with E-state index < -0.39 is 17.4 Å². The van der Waals surface area contributed by atoms with Crippen molar-refractivity contribution in [2.75, 3.05) is 19.7 Å². The van der Waals surface area contributed by atoms with Gasteiger partial charge in [0.25, 0.3) is 0 Å². The van der Waals surface area contributed by atoms with E-state index in [1.165, 1.54) is 11.3 Å². The number of rotatable bonds is 5. The molecule has 116 valence electrons. The minimum absolute atomic E-state index is 0.00373. The number of aliphatic hydroxyl groups is 1. The average Bonchev–Trinajstić information content (AvgIpc) is 3.14. The molecule has 0 unspecified atom stereocenters. The molecule has 2 heterocycles. The Balaban J connectivity index is 1.74. The first-order chi connectivity index (χ1) is 9.99. The summed E-state index contributed by atoms with van der Waals surface area (Å²) < 4.78 is 5.36. The maximum Gasteiger partial charge on any atom is 0.309 e. The lowest BCUT2D eigenvalue weighted by molar-refractivity contribution is -0.140. The van der Waals surface area contributed by atoms with Crippen LogP contribution >= 0.6 is 11.3 Å². The van der Waals surface area contributed by atoms with Crippen LogP contribution < -0.4 is 10.6 Å². The van der Waals surface area contributed by atoms with Crippen LogP contribution in [-0.4, -0.2) is 42.7 Å². The Kier molecular flexibility index (Phi) is 5.33. The van der Waals surface area contributed by atoms with Crippen molar-refractivity contribution in [3.05, 3.63) is 22.4 Å². The summed E-state index contributed by atoms with van der Waals surface area (Å²) >= 11 is 1.40. The highest BCUT2D eigenvalue weighted by molar-refractivity contribution is 7.10. The lowest BCUT2D eigenvalue weighted by atomic mass is 10.1. The molecule has 1 saturated heterocycles. The predicted octanol–water partition coefficient (Wildman–Crippen LogP) is 0.367. The van der Waals surface area contributed by atoms with Crippen LogP contribution in [0.3, 0.4) is 0 Å². The van der Waals surface area contributed by atoms with E-state index in [1.54, 1.807) is 13.0 Å². The first kappa shape index (κ1) is 15.9. The standard InChI is InChI=1S/C14H20N2O4S/c1-14(19,11-5-3-7-21-11)9-16-13(18)12(17)15-8-10-4-2-6-20-10/h3,5,7,10,19H,2,4,6,8-9H2,1H3,(H,15,17)(H,16,18)/t10-,14-/m1/s1. The molecule has 2 rings (SSSR count). The van der Waals surface area contributed by atoms with Crippen LogP contribution in [0.1, 0.15) is 24.6 Å². The first-order valence-corrected chi connectivity index (χ1v) is 7.81. The van der Waals surface area contributed by atoms with Gasteiger partial charge in [0.1, 0.15) is 5.60 Å². The van der Waals surface area contributed by atoms with Crippen molar-refractivity contribution < 1.29 is 19.4 Å². The third-order valence-corrected chi connectivity index (χ3v) is 4.49. The second kappa shape index (κ2) is 7.02. The molecule has 3 N–H and O–H groups in total. The van der Waals surface area contributed by atoms with Crippen molar-refractivity contribution in [2.24, 2.45) is 0 Å². The van der Waals surface area contributed by atoms with E-state index in [9.17, 15) is 14.7 Å². The summed E-state index contributed by atoms with van der Waals surface area (Å²) in [5.41, 5.74) is -1.18. The van der Waals surface area contributed by atoms with Crippen molar-refractivity contribution in [3.8, 4) is 0 Å². The topological polar surface area (TPSA) is 87.7 Å². The Labute approximate surface area is 127 Å². The molecular formula is C14H20N2O4S. The first-order valence-electron chi connectivity index (χ1n) is 6.93. The van der Waals surface area contributed by atoms with E-state index in [0.29, 0.717) is 13.2 Å². The molecule has 1 fully saturated rings. The molecule has 0 spiro atoms. The minimum Gasteiger partial charge on any atom is -0.383 e. The minimum atomic E-state index is -1.18. The number of thiophene rings is 1. The van der Waals surface area contributed by atoms with Crippen molar-refractivity contribution in [3.63, 3.8) is 0 Å². The summed E-state index contributed by atoms with van der Waals surface area (Å²) in [6, 6.07) is 3.61. The van der Waals surface area contributed by atoms with E-state index in [4.69, 9.17) is 4.74 Å². The monoisotopic (exact) mass is 312 g/mol. The lowest BCUT2D eigenvalue weighted by Crippen LogP contribution is -2.46. The molecule has 0 aromatic carbocycles. The van der Waals surface area contributed by atoms with E-state index in [2.05, 4.69) is 10.6 Å². The average molecular weight is 312 g/mol. The number of hydrogen-bond acceptors (Lipinski definition) is 5. The van der Waals surface area contributed by atoms with Crippen LogP contribution in [0, 0.1) is 0 Å². The quantitative estimate of drug-likeness (QED) is 0.685. The van der Waals surface area contributed by atoms with Gasteiger partial charge < -0.3 is 20.5 Å². The Morgan fingerprint density at radius 1 is 1.48 bits per heavy atom. The molecule has 0 aliphatic carbocycles. The number of ether oxygens (including phenoxy) is 1. The Hall–Kier alpha value is -1.44. The van der Waals surface area contributed by atoms with Crippen molar-refractivity contribution in [1.29, 1.82) is 0 Å². The molecule has 0 bridgehead atoms. The SMILES string of the molecule is C[C@@](O)(CNC(=O)C(=O)NC[C@H]1CCCO1)c1cccs1. The van der Waals surface area contributed by atoms with Gasteiger partial charge in [0, 0.05) is 18.0 Å². The Morgan fingerprint density at radius 3 is 2.86 bits per heavy atom. The van der Waals surface area contributed by atoms with Gasteiger partial charge in [-0.3, -0.25) is 9.59 Å². The second-order valence-electron chi connectivity index (χ2n) is 5.28. The fourth-order valence-corrected chi connectivity index (χ4v) is 2.88. The van der Waals surface area contributed by atoms with E-state index in [1.807, 2.05) is 11.4 Å². The number of hydrogen-bond donors (Lipinski definition) is 3. The normalized spacial score (nSPS) is 20.8. The van der Waals surface area contributed by atoms with Gasteiger partial charge >= 0.3 is 11.8 Å². The molecule has 0 saturated carbocycles. The smallest absolute Gasteiger partial charge is 0.309 e. The zero-order chi connectivity index (χ0) is 15.3. The molecule has 21 heavy (non-hydrogen) atoms. The predicted molar refractivity (Wildman–Crippen MR) is 78.9 cm³/mol. The fourth-order valence-electron chi connectivity index (χ4n) is 2.10. The third kappa shape index (κ3) is 4.52. The number of amides is 2. The summed E-state index contributed by atoms with van der Waals surface area (Å²) in [7, 11) is 0. The van der Waals surface area contributed by atoms with Crippen molar-refractivity contribution in [2.45, 2.75) is 31.5 Å². The number of carbonyl (C=O) groups excluding carboxylic acids is 2. The zero-order valence-electron chi connectivity index (χ0n) is 11.9. The molecule has 2 amide bonds. The lowest BCUT2D eigenvalue weighted by Gasteiger charge is -2.22. The molecule has 7 heteroatoms. The van der Waals surface area contributed by atoms with Crippen LogP contribution in [0.25, 0.3) is 0 Å². The summed E-state index contributed by atoms with van der Waals surface area (Å²) in [5, 5.41) is 17.1. The van der Waals surface area contributed by atoms with Crippen molar-refractivity contribution >= 4 is 23.2 Å². The fraction of sp³-hybridized carbons (Fsp3) is 0.571. The van der Waals surface area contributed by atoms with Crippen LogP contribution in [0.2, 0.25) is 0 Å². The Morgan fingerprint density at radius 2 is 2.24 bits per heavy atom. The summed E-state index contributed by atoms with van der Waals surface area (Å²) in [6.45, 7) is 2.63. The van der Waals surface area contributed by atoms with Gasteiger partial charge in [-0.2, -0.15) is 0 Å². The van der Waals surface area contributed by atoms with Gasteiger partial charge in [-0.15, -0.1) is 11.3 Å². The highest BCUT2D eigenvalue weighted by Crippen LogP contribution is 2.24. The second-order valence-corrected chi connectivity index (χ2v) is 6.23.